The summed E-state index contributed by atoms with van der Waals surface area (Å²) in [5.41, 5.74) is 3.13. The lowest BCUT2D eigenvalue weighted by Gasteiger charge is -2.21. The maximum atomic E-state index is 12.7. The number of anilines is 1. The molecule has 1 unspecified atom stereocenters. The number of aromatic nitrogens is 2. The van der Waals surface area contributed by atoms with Crippen LogP contribution >= 0.6 is 11.8 Å². The second kappa shape index (κ2) is 9.79. The zero-order chi connectivity index (χ0) is 22.6. The van der Waals surface area contributed by atoms with Crippen LogP contribution in [0.25, 0.3) is 11.0 Å². The van der Waals surface area contributed by atoms with Gasteiger partial charge in [-0.25, -0.2) is 9.78 Å². The van der Waals surface area contributed by atoms with Crippen LogP contribution in [-0.2, 0) is 16.0 Å². The number of benzene rings is 2. The van der Waals surface area contributed by atoms with Crippen molar-refractivity contribution in [2.45, 2.75) is 50.7 Å². The molecule has 1 saturated carbocycles. The van der Waals surface area contributed by atoms with E-state index in [4.69, 9.17) is 9.73 Å². The lowest BCUT2D eigenvalue weighted by Crippen LogP contribution is -2.20. The highest BCUT2D eigenvalue weighted by atomic mass is 32.2. The fourth-order valence-electron chi connectivity index (χ4n) is 4.47. The number of hydrogen-bond donors (Lipinski definition) is 1. The second-order valence-electron chi connectivity index (χ2n) is 8.47. The molecule has 0 spiro atoms. The number of carbonyl (C=O) groups is 2. The number of imidazole rings is 1. The Balaban J connectivity index is 1.41. The first-order chi connectivity index (χ1) is 16.2. The van der Waals surface area contributed by atoms with E-state index < -0.39 is 0 Å². The Hall–Kier alpha value is -3.13. The van der Waals surface area contributed by atoms with Gasteiger partial charge in [0.2, 0.25) is 12.4 Å². The van der Waals surface area contributed by atoms with Crippen molar-refractivity contribution in [2.75, 3.05) is 11.1 Å². The summed E-state index contributed by atoms with van der Waals surface area (Å²) in [6.45, 7) is 0. The standard InChI is InChI=1S/C25H26N4O3S/c30-16-26-24-28-21-14-18(23(31)32-20-9-5-2-6-10-20)11-12-22(21)29(24)25-27-19(15-33-25)13-17-7-3-1-4-8-17/h1,3-4,7-8,11-12,14,16,19-20H,2,5-6,9-10,13,15H2,(H,26,28,30). The third kappa shape index (κ3) is 4.80. The Kier molecular flexibility index (Phi) is 6.44. The number of nitrogens with one attached hydrogen (secondary N) is 1. The molecule has 1 aliphatic heterocycles. The average molecular weight is 463 g/mol. The summed E-state index contributed by atoms with van der Waals surface area (Å²) in [6.07, 6.45) is 6.74. The van der Waals surface area contributed by atoms with Crippen molar-refractivity contribution < 1.29 is 14.3 Å². The smallest absolute Gasteiger partial charge is 0.338 e. The molecule has 170 valence electrons. The summed E-state index contributed by atoms with van der Waals surface area (Å²) in [7, 11) is 0. The fraction of sp³-hybridized carbons (Fsp3) is 0.360. The number of aliphatic imine (C=N–C) groups is 1. The van der Waals surface area contributed by atoms with Crippen molar-refractivity contribution in [3.05, 3.63) is 59.7 Å². The van der Waals surface area contributed by atoms with Gasteiger partial charge in [-0.15, -0.1) is 0 Å². The molecule has 8 heteroatoms. The molecule has 33 heavy (non-hydrogen) atoms. The van der Waals surface area contributed by atoms with Crippen molar-refractivity contribution in [3.8, 4) is 0 Å². The molecule has 1 aromatic heterocycles. The zero-order valence-corrected chi connectivity index (χ0v) is 19.1. The molecule has 1 atom stereocenters. The minimum absolute atomic E-state index is 0.00223. The first-order valence-electron chi connectivity index (χ1n) is 11.4. The van der Waals surface area contributed by atoms with Gasteiger partial charge in [-0.2, -0.15) is 0 Å². The Morgan fingerprint density at radius 3 is 2.76 bits per heavy atom. The van der Waals surface area contributed by atoms with E-state index in [1.165, 1.54) is 12.0 Å². The highest BCUT2D eigenvalue weighted by Crippen LogP contribution is 2.29. The number of rotatable bonds is 6. The average Bonchev–Trinajstić information content (AvgIpc) is 3.44. The first kappa shape index (κ1) is 21.7. The van der Waals surface area contributed by atoms with Crippen LogP contribution in [0.4, 0.5) is 5.95 Å². The van der Waals surface area contributed by atoms with Crippen molar-refractivity contribution in [3.63, 3.8) is 0 Å². The maximum Gasteiger partial charge on any atom is 0.338 e. The van der Waals surface area contributed by atoms with Crippen LogP contribution < -0.4 is 5.32 Å². The van der Waals surface area contributed by atoms with Gasteiger partial charge in [-0.05, 0) is 55.9 Å². The van der Waals surface area contributed by atoms with Gasteiger partial charge in [0.05, 0.1) is 22.6 Å². The number of hydrogen-bond acceptors (Lipinski definition) is 6. The number of amides is 1. The van der Waals surface area contributed by atoms with Gasteiger partial charge >= 0.3 is 5.97 Å². The van der Waals surface area contributed by atoms with Gasteiger partial charge in [0, 0.05) is 5.75 Å². The van der Waals surface area contributed by atoms with Crippen LogP contribution in [0, 0.1) is 0 Å². The molecule has 2 heterocycles. The van der Waals surface area contributed by atoms with Gasteiger partial charge in [0.15, 0.2) is 5.17 Å². The SMILES string of the molecule is O=CNc1nc2cc(C(=O)OC3CCCCC3)ccc2n1C1=NC(Cc2ccccc2)CS1. The molecule has 7 nitrogen and oxygen atoms in total. The lowest BCUT2D eigenvalue weighted by atomic mass is 9.98. The molecule has 3 aromatic rings. The predicted molar refractivity (Wildman–Crippen MR) is 131 cm³/mol. The van der Waals surface area contributed by atoms with E-state index >= 15 is 0 Å². The second-order valence-corrected chi connectivity index (χ2v) is 9.46. The van der Waals surface area contributed by atoms with Crippen molar-refractivity contribution in [1.29, 1.82) is 0 Å². The molecule has 1 fully saturated rings. The Morgan fingerprint density at radius 1 is 1.15 bits per heavy atom. The van der Waals surface area contributed by atoms with Gasteiger partial charge in [-0.3, -0.25) is 19.7 Å². The van der Waals surface area contributed by atoms with Gasteiger partial charge in [-0.1, -0.05) is 48.5 Å². The Labute approximate surface area is 196 Å². The number of esters is 1. The highest BCUT2D eigenvalue weighted by Gasteiger charge is 2.25. The molecule has 1 aliphatic carbocycles. The van der Waals surface area contributed by atoms with Crippen LogP contribution in [0.15, 0.2) is 53.5 Å². The van der Waals surface area contributed by atoms with E-state index in [1.54, 1.807) is 23.9 Å². The van der Waals surface area contributed by atoms with Crippen molar-refractivity contribution in [1.82, 2.24) is 9.55 Å². The van der Waals surface area contributed by atoms with E-state index in [-0.39, 0.29) is 18.1 Å². The Bertz CT molecular complexity index is 1190. The molecule has 1 N–H and O–H groups in total. The van der Waals surface area contributed by atoms with Crippen LogP contribution in [0.5, 0.6) is 0 Å². The first-order valence-corrected chi connectivity index (χ1v) is 12.4. The molecular formula is C25H26N4O3S. The number of thioether (sulfide) groups is 1. The van der Waals surface area contributed by atoms with Crippen LogP contribution in [0.2, 0.25) is 0 Å². The zero-order valence-electron chi connectivity index (χ0n) is 18.3. The van der Waals surface area contributed by atoms with E-state index in [0.717, 1.165) is 48.5 Å². The summed E-state index contributed by atoms with van der Waals surface area (Å²) in [6, 6.07) is 15.8. The summed E-state index contributed by atoms with van der Waals surface area (Å²) in [4.78, 5) is 33.4. The monoisotopic (exact) mass is 462 g/mol. The minimum atomic E-state index is -0.321. The van der Waals surface area contributed by atoms with E-state index in [2.05, 4.69) is 22.4 Å². The summed E-state index contributed by atoms with van der Waals surface area (Å²) in [5.74, 6) is 0.930. The summed E-state index contributed by atoms with van der Waals surface area (Å²) >= 11 is 1.64. The quantitative estimate of drug-likeness (QED) is 0.425. The molecule has 0 bridgehead atoms. The normalized spacial score (nSPS) is 18.8. The third-order valence-electron chi connectivity index (χ3n) is 6.11. The molecule has 0 radical (unpaired) electrons. The molecule has 0 saturated heterocycles. The fourth-order valence-corrected chi connectivity index (χ4v) is 5.54. The van der Waals surface area contributed by atoms with Crippen molar-refractivity contribution >= 4 is 46.3 Å². The van der Waals surface area contributed by atoms with Crippen LogP contribution in [0.3, 0.4) is 0 Å². The molecule has 1 amide bonds. The van der Waals surface area contributed by atoms with E-state index in [1.807, 2.05) is 28.8 Å². The van der Waals surface area contributed by atoms with Crippen molar-refractivity contribution in [2.24, 2.45) is 4.99 Å². The van der Waals surface area contributed by atoms with E-state index in [0.29, 0.717) is 23.4 Å². The lowest BCUT2D eigenvalue weighted by molar-refractivity contribution is -0.105. The Morgan fingerprint density at radius 2 is 1.97 bits per heavy atom. The summed E-state index contributed by atoms with van der Waals surface area (Å²) in [5, 5.41) is 3.47. The number of fused-ring (bicyclic) bond motifs is 1. The molecular weight excluding hydrogens is 436 g/mol. The minimum Gasteiger partial charge on any atom is -0.459 e. The number of carbonyl (C=O) groups excluding carboxylic acids is 2. The molecule has 2 aliphatic rings. The van der Waals surface area contributed by atoms with Gasteiger partial charge < -0.3 is 4.74 Å². The van der Waals surface area contributed by atoms with Crippen LogP contribution in [0.1, 0.15) is 48.0 Å². The van der Waals surface area contributed by atoms with Gasteiger partial charge in [0.25, 0.3) is 0 Å². The maximum absolute atomic E-state index is 12.7. The van der Waals surface area contributed by atoms with Gasteiger partial charge in [0.1, 0.15) is 6.10 Å². The summed E-state index contributed by atoms with van der Waals surface area (Å²) < 4.78 is 7.56. The third-order valence-corrected chi connectivity index (χ3v) is 7.20. The highest BCUT2D eigenvalue weighted by molar-refractivity contribution is 8.14. The largest absolute Gasteiger partial charge is 0.459 e. The van der Waals surface area contributed by atoms with E-state index in [9.17, 15) is 9.59 Å². The number of nitrogens with zero attached hydrogens (tertiary/aromatic N) is 3. The van der Waals surface area contributed by atoms with Crippen LogP contribution in [-0.4, -0.2) is 45.0 Å². The molecule has 2 aromatic carbocycles. The number of ether oxygens (including phenoxy) is 1. The predicted octanol–water partition coefficient (Wildman–Crippen LogP) is 4.66. The topological polar surface area (TPSA) is 85.6 Å². The molecule has 5 rings (SSSR count).